The van der Waals surface area contributed by atoms with Crippen LogP contribution in [0, 0.1) is 5.92 Å². The maximum atomic E-state index is 2.53. The first-order valence-electron chi connectivity index (χ1n) is 5.64. The van der Waals surface area contributed by atoms with E-state index < -0.39 is 0 Å². The summed E-state index contributed by atoms with van der Waals surface area (Å²) >= 11 is 0. The molecule has 1 aromatic rings. The van der Waals surface area contributed by atoms with Crippen LogP contribution in [0.2, 0.25) is 0 Å². The molecule has 0 radical (unpaired) electrons. The SMILES string of the molecule is CCC(C)CN1CCc2ccccc21. The predicted octanol–water partition coefficient (Wildman–Crippen LogP) is 3.10. The maximum Gasteiger partial charge on any atom is 0.0399 e. The van der Waals surface area contributed by atoms with Gasteiger partial charge in [0.1, 0.15) is 0 Å². The van der Waals surface area contributed by atoms with Gasteiger partial charge in [-0.3, -0.25) is 0 Å². The number of hydrogen-bond acceptors (Lipinski definition) is 1. The molecule has 76 valence electrons. The number of nitrogens with zero attached hydrogens (tertiary/aromatic N) is 1. The number of hydrogen-bond donors (Lipinski definition) is 0. The third-order valence-electron chi connectivity index (χ3n) is 3.21. The molecule has 1 nitrogen and oxygen atoms in total. The standard InChI is InChI=1S/C13H19N/c1-3-11(2)10-14-9-8-12-6-4-5-7-13(12)14/h4-7,11H,3,8-10H2,1-2H3. The highest BCUT2D eigenvalue weighted by Gasteiger charge is 2.18. The van der Waals surface area contributed by atoms with Gasteiger partial charge in [-0.1, -0.05) is 38.5 Å². The summed E-state index contributed by atoms with van der Waals surface area (Å²) in [6, 6.07) is 8.80. The van der Waals surface area contributed by atoms with Crippen molar-refractivity contribution in [2.24, 2.45) is 5.92 Å². The molecule has 0 aromatic heterocycles. The van der Waals surface area contributed by atoms with Crippen molar-refractivity contribution < 1.29 is 0 Å². The van der Waals surface area contributed by atoms with Gasteiger partial charge in [0, 0.05) is 18.8 Å². The van der Waals surface area contributed by atoms with Gasteiger partial charge in [0.05, 0.1) is 0 Å². The minimum atomic E-state index is 0.807. The van der Waals surface area contributed by atoms with Crippen LogP contribution in [0.5, 0.6) is 0 Å². The fraction of sp³-hybridized carbons (Fsp3) is 0.538. The summed E-state index contributed by atoms with van der Waals surface area (Å²) in [5, 5.41) is 0. The first-order valence-corrected chi connectivity index (χ1v) is 5.64. The molecule has 1 aliphatic rings. The van der Waals surface area contributed by atoms with Crippen molar-refractivity contribution in [2.45, 2.75) is 26.7 Å². The number of fused-ring (bicyclic) bond motifs is 1. The quantitative estimate of drug-likeness (QED) is 0.706. The van der Waals surface area contributed by atoms with Crippen molar-refractivity contribution in [3.8, 4) is 0 Å². The molecule has 1 aliphatic heterocycles. The summed E-state index contributed by atoms with van der Waals surface area (Å²) in [5.74, 6) is 0.807. The summed E-state index contributed by atoms with van der Waals surface area (Å²) in [6.45, 7) is 7.03. The van der Waals surface area contributed by atoms with Crippen LogP contribution in [0.4, 0.5) is 5.69 Å². The average Bonchev–Trinajstić information content (AvgIpc) is 2.62. The van der Waals surface area contributed by atoms with Gasteiger partial charge in [0.25, 0.3) is 0 Å². The van der Waals surface area contributed by atoms with Crippen LogP contribution in [-0.4, -0.2) is 13.1 Å². The Morgan fingerprint density at radius 2 is 2.14 bits per heavy atom. The van der Waals surface area contributed by atoms with Gasteiger partial charge in [-0.25, -0.2) is 0 Å². The van der Waals surface area contributed by atoms with Gasteiger partial charge in [-0.05, 0) is 24.0 Å². The van der Waals surface area contributed by atoms with Gasteiger partial charge in [0.15, 0.2) is 0 Å². The lowest BCUT2D eigenvalue weighted by atomic mass is 10.1. The highest BCUT2D eigenvalue weighted by atomic mass is 15.1. The molecular weight excluding hydrogens is 170 g/mol. The Labute approximate surface area is 86.7 Å². The van der Waals surface area contributed by atoms with Crippen LogP contribution in [0.3, 0.4) is 0 Å². The fourth-order valence-electron chi connectivity index (χ4n) is 2.10. The third-order valence-corrected chi connectivity index (χ3v) is 3.21. The molecule has 0 saturated carbocycles. The van der Waals surface area contributed by atoms with Gasteiger partial charge in [0.2, 0.25) is 0 Å². The van der Waals surface area contributed by atoms with E-state index >= 15 is 0 Å². The lowest BCUT2D eigenvalue weighted by molar-refractivity contribution is 0.550. The Kier molecular flexibility index (Phi) is 2.76. The first-order chi connectivity index (χ1) is 6.81. The van der Waals surface area contributed by atoms with Crippen molar-refractivity contribution in [1.29, 1.82) is 0 Å². The Morgan fingerprint density at radius 1 is 1.36 bits per heavy atom. The van der Waals surface area contributed by atoms with Crippen molar-refractivity contribution >= 4 is 5.69 Å². The van der Waals surface area contributed by atoms with Gasteiger partial charge in [-0.2, -0.15) is 0 Å². The first kappa shape index (κ1) is 9.57. The molecule has 1 atom stereocenters. The lowest BCUT2D eigenvalue weighted by Crippen LogP contribution is -2.26. The molecule has 1 heterocycles. The molecule has 14 heavy (non-hydrogen) atoms. The number of anilines is 1. The van der Waals surface area contributed by atoms with Crippen LogP contribution in [0.1, 0.15) is 25.8 Å². The molecule has 2 rings (SSSR count). The highest BCUT2D eigenvalue weighted by Crippen LogP contribution is 2.28. The normalized spacial score (nSPS) is 16.9. The predicted molar refractivity (Wildman–Crippen MR) is 61.8 cm³/mol. The zero-order valence-electron chi connectivity index (χ0n) is 9.16. The van der Waals surface area contributed by atoms with Crippen molar-refractivity contribution in [3.63, 3.8) is 0 Å². The summed E-state index contributed by atoms with van der Waals surface area (Å²) in [6.07, 6.45) is 2.51. The minimum absolute atomic E-state index is 0.807. The van der Waals surface area contributed by atoms with E-state index in [1.807, 2.05) is 0 Å². The molecule has 0 saturated heterocycles. The molecule has 1 aromatic carbocycles. The minimum Gasteiger partial charge on any atom is -0.371 e. The highest BCUT2D eigenvalue weighted by molar-refractivity contribution is 5.57. The third kappa shape index (κ3) is 1.77. The van der Waals surface area contributed by atoms with Crippen molar-refractivity contribution in [1.82, 2.24) is 0 Å². The topological polar surface area (TPSA) is 3.24 Å². The maximum absolute atomic E-state index is 2.53. The summed E-state index contributed by atoms with van der Waals surface area (Å²) in [4.78, 5) is 2.53. The zero-order chi connectivity index (χ0) is 9.97. The smallest absolute Gasteiger partial charge is 0.0399 e. The van der Waals surface area contributed by atoms with Crippen LogP contribution >= 0.6 is 0 Å². The molecular formula is C13H19N. The largest absolute Gasteiger partial charge is 0.371 e. The van der Waals surface area contributed by atoms with E-state index in [1.54, 1.807) is 0 Å². The van der Waals surface area contributed by atoms with E-state index in [0.29, 0.717) is 0 Å². The number of benzene rings is 1. The van der Waals surface area contributed by atoms with Crippen molar-refractivity contribution in [2.75, 3.05) is 18.0 Å². The molecule has 0 spiro atoms. The monoisotopic (exact) mass is 189 g/mol. The second-order valence-corrected chi connectivity index (χ2v) is 4.34. The molecule has 1 unspecified atom stereocenters. The lowest BCUT2D eigenvalue weighted by Gasteiger charge is -2.22. The van der Waals surface area contributed by atoms with Gasteiger partial charge >= 0.3 is 0 Å². The molecule has 0 bridgehead atoms. The van der Waals surface area contributed by atoms with E-state index in [4.69, 9.17) is 0 Å². The van der Waals surface area contributed by atoms with E-state index in [-0.39, 0.29) is 0 Å². The summed E-state index contributed by atoms with van der Waals surface area (Å²) in [5.41, 5.74) is 2.99. The fourth-order valence-corrected chi connectivity index (χ4v) is 2.10. The number of rotatable bonds is 3. The van der Waals surface area contributed by atoms with E-state index in [1.165, 1.54) is 37.2 Å². The molecule has 0 amide bonds. The van der Waals surface area contributed by atoms with Crippen molar-refractivity contribution in [3.05, 3.63) is 29.8 Å². The second-order valence-electron chi connectivity index (χ2n) is 4.34. The van der Waals surface area contributed by atoms with E-state index in [2.05, 4.69) is 43.0 Å². The average molecular weight is 189 g/mol. The molecule has 0 aliphatic carbocycles. The Hall–Kier alpha value is -0.980. The number of para-hydroxylation sites is 1. The second kappa shape index (κ2) is 4.04. The Bertz CT molecular complexity index is 306. The summed E-state index contributed by atoms with van der Waals surface area (Å²) in [7, 11) is 0. The molecule has 0 fully saturated rings. The van der Waals surface area contributed by atoms with Crippen LogP contribution in [0.25, 0.3) is 0 Å². The van der Waals surface area contributed by atoms with Gasteiger partial charge < -0.3 is 4.90 Å². The molecule has 0 N–H and O–H groups in total. The zero-order valence-corrected chi connectivity index (χ0v) is 9.16. The Morgan fingerprint density at radius 3 is 2.93 bits per heavy atom. The Balaban J connectivity index is 2.10. The van der Waals surface area contributed by atoms with Crippen LogP contribution < -0.4 is 4.90 Å². The van der Waals surface area contributed by atoms with E-state index in [9.17, 15) is 0 Å². The van der Waals surface area contributed by atoms with Crippen LogP contribution in [-0.2, 0) is 6.42 Å². The summed E-state index contributed by atoms with van der Waals surface area (Å²) < 4.78 is 0. The molecule has 1 heteroatoms. The van der Waals surface area contributed by atoms with Gasteiger partial charge in [-0.15, -0.1) is 0 Å². The van der Waals surface area contributed by atoms with E-state index in [0.717, 1.165) is 5.92 Å². The van der Waals surface area contributed by atoms with Crippen LogP contribution in [0.15, 0.2) is 24.3 Å².